The van der Waals surface area contributed by atoms with E-state index in [-0.39, 0.29) is 17.2 Å². The number of hydrogen-bond acceptors (Lipinski definition) is 2. The van der Waals surface area contributed by atoms with Gasteiger partial charge in [0.1, 0.15) is 5.82 Å². The number of carbonyl (C=O) groups is 1. The highest BCUT2D eigenvalue weighted by Crippen LogP contribution is 2.18. The summed E-state index contributed by atoms with van der Waals surface area (Å²) in [6.07, 6.45) is 0.428. The second-order valence-electron chi connectivity index (χ2n) is 2.93. The third kappa shape index (κ3) is 3.18. The highest BCUT2D eigenvalue weighted by Gasteiger charge is 2.14. The standard InChI is InChI=1S/C10H11ClFNO2/c11-7-3-1-4-8(12)9(7)10(15)13-5-2-6-14/h1,3-4,14H,2,5-6H2,(H,13,15). The maximum atomic E-state index is 13.2. The van der Waals surface area contributed by atoms with E-state index in [9.17, 15) is 9.18 Å². The van der Waals surface area contributed by atoms with E-state index in [0.717, 1.165) is 0 Å². The topological polar surface area (TPSA) is 49.3 Å². The molecular weight excluding hydrogens is 221 g/mol. The van der Waals surface area contributed by atoms with Crippen LogP contribution < -0.4 is 5.32 Å². The molecule has 0 spiro atoms. The SMILES string of the molecule is O=C(NCCCO)c1c(F)cccc1Cl. The minimum atomic E-state index is -0.649. The Hall–Kier alpha value is -1.13. The monoisotopic (exact) mass is 231 g/mol. The van der Waals surface area contributed by atoms with Crippen LogP contribution in [0.4, 0.5) is 4.39 Å². The van der Waals surface area contributed by atoms with Crippen molar-refractivity contribution in [2.45, 2.75) is 6.42 Å². The summed E-state index contributed by atoms with van der Waals surface area (Å²) < 4.78 is 13.2. The Bertz CT molecular complexity index is 337. The van der Waals surface area contributed by atoms with E-state index in [4.69, 9.17) is 16.7 Å². The van der Waals surface area contributed by atoms with Crippen LogP contribution >= 0.6 is 11.6 Å². The van der Waals surface area contributed by atoms with Crippen molar-refractivity contribution < 1.29 is 14.3 Å². The van der Waals surface area contributed by atoms with Gasteiger partial charge in [0.2, 0.25) is 0 Å². The normalized spacial score (nSPS) is 10.1. The van der Waals surface area contributed by atoms with Crippen molar-refractivity contribution in [3.8, 4) is 0 Å². The fourth-order valence-corrected chi connectivity index (χ4v) is 1.33. The van der Waals surface area contributed by atoms with Gasteiger partial charge >= 0.3 is 0 Å². The van der Waals surface area contributed by atoms with Crippen molar-refractivity contribution in [2.24, 2.45) is 0 Å². The Morgan fingerprint density at radius 3 is 2.87 bits per heavy atom. The van der Waals surface area contributed by atoms with Gasteiger partial charge in [-0.25, -0.2) is 4.39 Å². The van der Waals surface area contributed by atoms with Crippen LogP contribution in [-0.4, -0.2) is 24.2 Å². The molecule has 0 heterocycles. The number of aliphatic hydroxyl groups is 1. The second kappa shape index (κ2) is 5.68. The number of aliphatic hydroxyl groups excluding tert-OH is 1. The molecule has 0 radical (unpaired) electrons. The molecule has 3 nitrogen and oxygen atoms in total. The van der Waals surface area contributed by atoms with Crippen LogP contribution in [0.5, 0.6) is 0 Å². The van der Waals surface area contributed by atoms with Gasteiger partial charge in [-0.1, -0.05) is 17.7 Å². The Labute approximate surface area is 91.9 Å². The van der Waals surface area contributed by atoms with E-state index in [0.29, 0.717) is 13.0 Å². The number of benzene rings is 1. The Kier molecular flexibility index (Phi) is 4.52. The first-order chi connectivity index (χ1) is 7.16. The van der Waals surface area contributed by atoms with Crippen molar-refractivity contribution in [1.82, 2.24) is 5.32 Å². The molecule has 5 heteroatoms. The van der Waals surface area contributed by atoms with Gasteiger partial charge in [0.25, 0.3) is 5.91 Å². The molecule has 0 saturated heterocycles. The summed E-state index contributed by atoms with van der Waals surface area (Å²) in [6.45, 7) is 0.269. The maximum Gasteiger partial charge on any atom is 0.255 e. The van der Waals surface area contributed by atoms with Gasteiger partial charge in [0, 0.05) is 13.2 Å². The lowest BCUT2D eigenvalue weighted by Gasteiger charge is -2.06. The Morgan fingerprint density at radius 2 is 2.27 bits per heavy atom. The highest BCUT2D eigenvalue weighted by molar-refractivity contribution is 6.33. The van der Waals surface area contributed by atoms with E-state index in [1.165, 1.54) is 18.2 Å². The minimum Gasteiger partial charge on any atom is -0.396 e. The second-order valence-corrected chi connectivity index (χ2v) is 3.34. The quantitative estimate of drug-likeness (QED) is 0.774. The van der Waals surface area contributed by atoms with E-state index in [2.05, 4.69) is 5.32 Å². The summed E-state index contributed by atoms with van der Waals surface area (Å²) in [4.78, 5) is 11.4. The van der Waals surface area contributed by atoms with Crippen molar-refractivity contribution in [3.05, 3.63) is 34.6 Å². The van der Waals surface area contributed by atoms with Crippen LogP contribution in [0.3, 0.4) is 0 Å². The molecule has 0 fully saturated rings. The molecule has 15 heavy (non-hydrogen) atoms. The molecule has 0 saturated carbocycles. The average molecular weight is 232 g/mol. The zero-order chi connectivity index (χ0) is 11.3. The fourth-order valence-electron chi connectivity index (χ4n) is 1.08. The van der Waals surface area contributed by atoms with Gasteiger partial charge in [-0.2, -0.15) is 0 Å². The predicted molar refractivity (Wildman–Crippen MR) is 55.4 cm³/mol. The summed E-state index contributed by atoms with van der Waals surface area (Å²) in [5.41, 5.74) is -0.155. The number of amides is 1. The molecule has 2 N–H and O–H groups in total. The van der Waals surface area contributed by atoms with Gasteiger partial charge in [-0.05, 0) is 18.6 Å². The third-order valence-electron chi connectivity index (χ3n) is 1.81. The molecule has 0 aliphatic heterocycles. The van der Waals surface area contributed by atoms with E-state index in [1.54, 1.807) is 0 Å². The number of rotatable bonds is 4. The summed E-state index contributed by atoms with van der Waals surface area (Å²) in [6, 6.07) is 4.06. The van der Waals surface area contributed by atoms with E-state index in [1.807, 2.05) is 0 Å². The molecule has 0 aliphatic carbocycles. The molecule has 0 aromatic heterocycles. The zero-order valence-electron chi connectivity index (χ0n) is 7.96. The van der Waals surface area contributed by atoms with Gasteiger partial charge in [0.05, 0.1) is 10.6 Å². The molecule has 0 unspecified atom stereocenters. The van der Waals surface area contributed by atoms with Crippen molar-refractivity contribution >= 4 is 17.5 Å². The van der Waals surface area contributed by atoms with Crippen LogP contribution in [0.1, 0.15) is 16.8 Å². The maximum absolute atomic E-state index is 13.2. The molecule has 1 rings (SSSR count). The predicted octanol–water partition coefficient (Wildman–Crippen LogP) is 1.59. The smallest absolute Gasteiger partial charge is 0.255 e. The minimum absolute atomic E-state index is 0.0225. The van der Waals surface area contributed by atoms with Gasteiger partial charge in [-0.15, -0.1) is 0 Å². The lowest BCUT2D eigenvalue weighted by molar-refractivity contribution is 0.0947. The largest absolute Gasteiger partial charge is 0.396 e. The van der Waals surface area contributed by atoms with E-state index >= 15 is 0 Å². The fraction of sp³-hybridized carbons (Fsp3) is 0.300. The average Bonchev–Trinajstić information content (AvgIpc) is 2.18. The first kappa shape index (κ1) is 11.9. The number of hydrogen-bond donors (Lipinski definition) is 2. The van der Waals surface area contributed by atoms with Crippen LogP contribution in [0.15, 0.2) is 18.2 Å². The molecule has 1 aromatic carbocycles. The molecule has 82 valence electrons. The number of halogens is 2. The van der Waals surface area contributed by atoms with Gasteiger partial charge in [0.15, 0.2) is 0 Å². The summed E-state index contributed by atoms with van der Waals surface area (Å²) >= 11 is 5.69. The Balaban J connectivity index is 2.73. The van der Waals surface area contributed by atoms with Crippen LogP contribution in [-0.2, 0) is 0 Å². The molecule has 1 amide bonds. The molecule has 0 atom stereocenters. The Morgan fingerprint density at radius 1 is 1.53 bits per heavy atom. The van der Waals surface area contributed by atoms with Crippen molar-refractivity contribution in [1.29, 1.82) is 0 Å². The van der Waals surface area contributed by atoms with E-state index < -0.39 is 11.7 Å². The summed E-state index contributed by atoms with van der Waals surface area (Å²) in [7, 11) is 0. The van der Waals surface area contributed by atoms with Gasteiger partial charge in [-0.3, -0.25) is 4.79 Å². The zero-order valence-corrected chi connectivity index (χ0v) is 8.72. The van der Waals surface area contributed by atoms with Crippen LogP contribution in [0.25, 0.3) is 0 Å². The molecular formula is C10H11ClFNO2. The van der Waals surface area contributed by atoms with Crippen molar-refractivity contribution in [3.63, 3.8) is 0 Å². The highest BCUT2D eigenvalue weighted by atomic mass is 35.5. The molecule has 1 aromatic rings. The van der Waals surface area contributed by atoms with Crippen molar-refractivity contribution in [2.75, 3.05) is 13.2 Å². The number of carbonyl (C=O) groups excluding carboxylic acids is 1. The number of nitrogens with one attached hydrogen (secondary N) is 1. The van der Waals surface area contributed by atoms with Crippen LogP contribution in [0.2, 0.25) is 5.02 Å². The molecule has 0 aliphatic rings. The lowest BCUT2D eigenvalue weighted by atomic mass is 10.2. The van der Waals surface area contributed by atoms with Crippen LogP contribution in [0, 0.1) is 5.82 Å². The lowest BCUT2D eigenvalue weighted by Crippen LogP contribution is -2.26. The summed E-state index contributed by atoms with van der Waals surface area (Å²) in [5.74, 6) is -1.21. The molecule has 0 bridgehead atoms. The third-order valence-corrected chi connectivity index (χ3v) is 2.13. The van der Waals surface area contributed by atoms with Gasteiger partial charge < -0.3 is 10.4 Å². The first-order valence-electron chi connectivity index (χ1n) is 4.50. The summed E-state index contributed by atoms with van der Waals surface area (Å²) in [5, 5.41) is 11.0. The first-order valence-corrected chi connectivity index (χ1v) is 4.87.